The number of fused-ring (bicyclic) bond motifs is 4. The van der Waals surface area contributed by atoms with E-state index in [9.17, 15) is 9.59 Å². The number of rotatable bonds is 7. The second-order valence-electron chi connectivity index (χ2n) is 12.1. The highest BCUT2D eigenvalue weighted by molar-refractivity contribution is 6.05. The number of carbonyl (C=O) groups is 2. The van der Waals surface area contributed by atoms with Gasteiger partial charge in [-0.25, -0.2) is 9.78 Å². The van der Waals surface area contributed by atoms with Crippen molar-refractivity contribution in [1.82, 2.24) is 19.8 Å². The van der Waals surface area contributed by atoms with Crippen LogP contribution in [0.4, 0.5) is 16.3 Å². The zero-order valence-corrected chi connectivity index (χ0v) is 24.8. The molecule has 5 heterocycles. The minimum atomic E-state index is -0.540. The molecule has 0 saturated carbocycles. The number of nitrogens with zero attached hydrogens (tertiary/aromatic N) is 3. The lowest BCUT2D eigenvalue weighted by atomic mass is 9.99. The highest BCUT2D eigenvalue weighted by Gasteiger charge is 2.47. The molecule has 8 rings (SSSR count). The number of pyridine rings is 1. The molecule has 3 atom stereocenters. The standard InChI is InChI=1S/C36H34N6O3/c43-34-29-10-6-12-31(33(29)35-42(34)27(22-45-35)17-26-19-38-30-11-5-4-9-28(26)30)39-36(44)40-32-18-24(13-15-37-32)25-14-16-41(21-25)20-23-7-2-1-3-8-23/h1-13,15,18-19,25,27,35,38H,14,16-17,20-22H2,(H2,37,39,40,44)/t25?,27-,35?/m0/s1. The summed E-state index contributed by atoms with van der Waals surface area (Å²) >= 11 is 0. The molecule has 0 radical (unpaired) electrons. The number of benzene rings is 3. The number of ether oxygens (including phenoxy) is 1. The molecule has 3 aromatic carbocycles. The highest BCUT2D eigenvalue weighted by atomic mass is 16.5. The molecule has 0 bridgehead atoms. The Bertz CT molecular complexity index is 1890. The van der Waals surface area contributed by atoms with E-state index in [1.165, 1.54) is 11.1 Å². The maximum atomic E-state index is 13.6. The second-order valence-corrected chi connectivity index (χ2v) is 12.1. The van der Waals surface area contributed by atoms with Crippen molar-refractivity contribution < 1.29 is 14.3 Å². The lowest BCUT2D eigenvalue weighted by Crippen LogP contribution is -2.35. The maximum absolute atomic E-state index is 13.6. The van der Waals surface area contributed by atoms with Crippen molar-refractivity contribution in [2.45, 2.75) is 37.6 Å². The number of hydrogen-bond donors (Lipinski definition) is 3. The van der Waals surface area contributed by atoms with Crippen molar-refractivity contribution in [2.24, 2.45) is 0 Å². The molecule has 3 N–H and O–H groups in total. The van der Waals surface area contributed by atoms with Crippen LogP contribution in [0.1, 0.15) is 51.2 Å². The van der Waals surface area contributed by atoms with Crippen molar-refractivity contribution >= 4 is 34.3 Å². The van der Waals surface area contributed by atoms with Crippen LogP contribution >= 0.6 is 0 Å². The summed E-state index contributed by atoms with van der Waals surface area (Å²) in [5.41, 5.74) is 6.52. The SMILES string of the molecule is O=C(Nc1cc(C2CCN(Cc3ccccc3)C2)ccn1)Nc1cccc2c1C1OC[C@H](Cc3c[nH]c4ccccc34)N1C2=O. The topological polar surface area (TPSA) is 103 Å². The van der Waals surface area contributed by atoms with Gasteiger partial charge < -0.3 is 19.9 Å². The molecule has 3 aliphatic heterocycles. The third kappa shape index (κ3) is 5.24. The Balaban J connectivity index is 0.939. The van der Waals surface area contributed by atoms with Gasteiger partial charge in [-0.1, -0.05) is 54.6 Å². The van der Waals surface area contributed by atoms with Gasteiger partial charge in [0.25, 0.3) is 5.91 Å². The van der Waals surface area contributed by atoms with Crippen LogP contribution in [0.3, 0.4) is 0 Å². The predicted octanol–water partition coefficient (Wildman–Crippen LogP) is 6.29. The number of urea groups is 1. The fraction of sp³-hybridized carbons (Fsp3) is 0.250. The number of anilines is 2. The van der Waals surface area contributed by atoms with Gasteiger partial charge in [-0.15, -0.1) is 0 Å². The fourth-order valence-electron chi connectivity index (χ4n) is 7.16. The second kappa shape index (κ2) is 11.5. The predicted molar refractivity (Wildman–Crippen MR) is 173 cm³/mol. The Morgan fingerprint density at radius 2 is 1.87 bits per heavy atom. The van der Waals surface area contributed by atoms with Gasteiger partial charge in [0.05, 0.1) is 18.3 Å². The van der Waals surface area contributed by atoms with E-state index in [4.69, 9.17) is 4.74 Å². The number of aromatic nitrogens is 2. The van der Waals surface area contributed by atoms with Crippen LogP contribution in [-0.2, 0) is 17.7 Å². The number of hydrogen-bond acceptors (Lipinski definition) is 5. The van der Waals surface area contributed by atoms with Gasteiger partial charge in [-0.2, -0.15) is 0 Å². The quantitative estimate of drug-likeness (QED) is 0.204. The molecule has 2 fully saturated rings. The lowest BCUT2D eigenvalue weighted by molar-refractivity contribution is 0.0356. The molecule has 2 unspecified atom stereocenters. The van der Waals surface area contributed by atoms with Gasteiger partial charge in [0, 0.05) is 47.5 Å². The first-order valence-electron chi connectivity index (χ1n) is 15.5. The molecule has 9 heteroatoms. The summed E-state index contributed by atoms with van der Waals surface area (Å²) in [6, 6.07) is 27.6. The molecule has 2 aromatic heterocycles. The van der Waals surface area contributed by atoms with Crippen LogP contribution in [0.15, 0.2) is 97.3 Å². The van der Waals surface area contributed by atoms with Crippen molar-refractivity contribution in [2.75, 3.05) is 30.3 Å². The third-order valence-electron chi connectivity index (χ3n) is 9.31. The summed E-state index contributed by atoms with van der Waals surface area (Å²) in [6.45, 7) is 3.36. The number of likely N-dealkylation sites (tertiary alicyclic amines) is 1. The van der Waals surface area contributed by atoms with Crippen molar-refractivity contribution in [3.05, 3.63) is 125 Å². The average Bonchev–Trinajstić information content (AvgIpc) is 3.85. The summed E-state index contributed by atoms with van der Waals surface area (Å²) in [5, 5.41) is 7.03. The number of para-hydroxylation sites is 1. The van der Waals surface area contributed by atoms with Gasteiger partial charge >= 0.3 is 6.03 Å². The van der Waals surface area contributed by atoms with E-state index in [0.717, 1.165) is 42.5 Å². The van der Waals surface area contributed by atoms with Crippen LogP contribution in [0.2, 0.25) is 0 Å². The number of aromatic amines is 1. The number of carbonyl (C=O) groups excluding carboxylic acids is 2. The van der Waals surface area contributed by atoms with Gasteiger partial charge in [0.15, 0.2) is 6.23 Å². The summed E-state index contributed by atoms with van der Waals surface area (Å²) in [6.07, 6.45) is 4.96. The zero-order valence-electron chi connectivity index (χ0n) is 24.8. The summed E-state index contributed by atoms with van der Waals surface area (Å²) < 4.78 is 6.21. The molecular weight excluding hydrogens is 564 g/mol. The molecule has 2 saturated heterocycles. The van der Waals surface area contributed by atoms with E-state index in [0.29, 0.717) is 41.6 Å². The van der Waals surface area contributed by atoms with Crippen LogP contribution in [0.5, 0.6) is 0 Å². The average molecular weight is 599 g/mol. The Kier molecular flexibility index (Phi) is 7.04. The van der Waals surface area contributed by atoms with Crippen LogP contribution in [-0.4, -0.2) is 57.4 Å². The molecule has 3 amide bonds. The Morgan fingerprint density at radius 1 is 1.00 bits per heavy atom. The van der Waals surface area contributed by atoms with Crippen LogP contribution in [0, 0.1) is 0 Å². The zero-order chi connectivity index (χ0) is 30.3. The van der Waals surface area contributed by atoms with E-state index < -0.39 is 12.3 Å². The van der Waals surface area contributed by atoms with Gasteiger partial charge in [0.1, 0.15) is 5.82 Å². The van der Waals surface area contributed by atoms with E-state index in [2.05, 4.69) is 55.8 Å². The smallest absolute Gasteiger partial charge is 0.324 e. The van der Waals surface area contributed by atoms with Crippen molar-refractivity contribution in [3.63, 3.8) is 0 Å². The van der Waals surface area contributed by atoms with Crippen molar-refractivity contribution in [1.29, 1.82) is 0 Å². The Hall–Kier alpha value is -4.99. The molecule has 45 heavy (non-hydrogen) atoms. The van der Waals surface area contributed by atoms with Gasteiger partial charge in [-0.05, 0) is 72.3 Å². The minimum absolute atomic E-state index is 0.0753. The Labute approximate surface area is 261 Å². The first-order valence-corrected chi connectivity index (χ1v) is 15.5. The van der Waals surface area contributed by atoms with Crippen LogP contribution in [0.25, 0.3) is 10.9 Å². The fourth-order valence-corrected chi connectivity index (χ4v) is 7.16. The van der Waals surface area contributed by atoms with E-state index in [-0.39, 0.29) is 11.9 Å². The van der Waals surface area contributed by atoms with Gasteiger partial charge in [-0.3, -0.25) is 15.0 Å². The Morgan fingerprint density at radius 3 is 2.78 bits per heavy atom. The maximum Gasteiger partial charge on any atom is 0.324 e. The first-order chi connectivity index (χ1) is 22.1. The minimum Gasteiger partial charge on any atom is -0.361 e. The van der Waals surface area contributed by atoms with E-state index in [1.807, 2.05) is 53.6 Å². The van der Waals surface area contributed by atoms with Crippen LogP contribution < -0.4 is 10.6 Å². The summed E-state index contributed by atoms with van der Waals surface area (Å²) in [4.78, 5) is 38.9. The normalized spacial score (nSPS) is 20.8. The summed E-state index contributed by atoms with van der Waals surface area (Å²) in [7, 11) is 0. The molecule has 3 aliphatic rings. The molecule has 0 spiro atoms. The third-order valence-corrected chi connectivity index (χ3v) is 9.31. The number of nitrogens with one attached hydrogen (secondary N) is 3. The molecule has 5 aromatic rings. The lowest BCUT2D eigenvalue weighted by Gasteiger charge is -2.22. The number of amides is 3. The highest BCUT2D eigenvalue weighted by Crippen LogP contribution is 2.45. The van der Waals surface area contributed by atoms with E-state index in [1.54, 1.807) is 18.3 Å². The van der Waals surface area contributed by atoms with E-state index >= 15 is 0 Å². The molecular formula is C36H34N6O3. The molecule has 0 aliphatic carbocycles. The van der Waals surface area contributed by atoms with Crippen molar-refractivity contribution in [3.8, 4) is 0 Å². The molecule has 9 nitrogen and oxygen atoms in total. The molecule has 226 valence electrons. The largest absolute Gasteiger partial charge is 0.361 e. The number of H-pyrrole nitrogens is 1. The summed E-state index contributed by atoms with van der Waals surface area (Å²) in [5.74, 6) is 0.799. The monoisotopic (exact) mass is 598 g/mol. The first kappa shape index (κ1) is 27.6. The van der Waals surface area contributed by atoms with Gasteiger partial charge in [0.2, 0.25) is 0 Å².